The molecule has 2 aromatic carbocycles. The fourth-order valence-corrected chi connectivity index (χ4v) is 6.09. The van der Waals surface area contributed by atoms with Crippen LogP contribution >= 0.6 is 15.9 Å². The van der Waals surface area contributed by atoms with Gasteiger partial charge in [0.05, 0.1) is 28.5 Å². The van der Waals surface area contributed by atoms with Gasteiger partial charge in [0.25, 0.3) is 0 Å². The molecule has 174 valence electrons. The molecule has 2 heterocycles. The number of allylic oxidation sites excluding steroid dienone is 1. The molecule has 1 N–H and O–H groups in total. The van der Waals surface area contributed by atoms with Gasteiger partial charge in [-0.2, -0.15) is 18.3 Å². The van der Waals surface area contributed by atoms with E-state index in [0.29, 0.717) is 27.8 Å². The molecule has 2 aliphatic rings. The summed E-state index contributed by atoms with van der Waals surface area (Å²) in [5, 5.41) is 15.6. The molecule has 3 aromatic rings. The topological polar surface area (TPSA) is 47.3 Å². The fraction of sp³-hybridized carbons (Fsp3) is 0.375. The lowest BCUT2D eigenvalue weighted by molar-refractivity contribution is -0.277. The second kappa shape index (κ2) is 7.56. The summed E-state index contributed by atoms with van der Waals surface area (Å²) in [5.41, 5.74) is -1.39. The monoisotopic (exact) mass is 524 g/mol. The van der Waals surface area contributed by atoms with E-state index in [2.05, 4.69) is 27.6 Å². The summed E-state index contributed by atoms with van der Waals surface area (Å²) < 4.78 is 62.6. The lowest BCUT2D eigenvalue weighted by Crippen LogP contribution is -2.54. The van der Waals surface area contributed by atoms with Crippen molar-refractivity contribution in [3.05, 3.63) is 65.0 Å². The minimum atomic E-state index is -4.70. The van der Waals surface area contributed by atoms with Gasteiger partial charge in [-0.25, -0.2) is 9.07 Å². The quantitative estimate of drug-likeness (QED) is 0.319. The first-order valence-corrected chi connectivity index (χ1v) is 11.4. The maximum atomic E-state index is 13.6. The Morgan fingerprint density at radius 2 is 1.97 bits per heavy atom. The van der Waals surface area contributed by atoms with Crippen molar-refractivity contribution in [2.75, 3.05) is 6.61 Å². The summed E-state index contributed by atoms with van der Waals surface area (Å²) in [7, 11) is 0. The molecule has 9 heteroatoms. The van der Waals surface area contributed by atoms with Gasteiger partial charge in [-0.1, -0.05) is 6.08 Å². The van der Waals surface area contributed by atoms with Crippen LogP contribution in [0.3, 0.4) is 0 Å². The summed E-state index contributed by atoms with van der Waals surface area (Å²) in [6.45, 7) is 4.19. The molecule has 1 aliphatic heterocycles. The minimum Gasteiger partial charge on any atom is -0.492 e. The Balaban J connectivity index is 1.67. The minimum absolute atomic E-state index is 0.0948. The van der Waals surface area contributed by atoms with Crippen molar-refractivity contribution in [3.8, 4) is 11.4 Å². The van der Waals surface area contributed by atoms with Gasteiger partial charge in [-0.15, -0.1) is 6.58 Å². The number of nitrogens with zero attached hydrogens (tertiary/aromatic N) is 2. The number of rotatable bonds is 2. The van der Waals surface area contributed by atoms with Crippen LogP contribution in [0.4, 0.5) is 17.6 Å². The number of aromatic nitrogens is 2. The fourth-order valence-electron chi connectivity index (χ4n) is 5.36. The third kappa shape index (κ3) is 3.31. The first-order chi connectivity index (χ1) is 15.6. The maximum Gasteiger partial charge on any atom is 0.417 e. The molecule has 1 aliphatic carbocycles. The number of benzene rings is 2. The molecule has 0 radical (unpaired) electrons. The van der Waals surface area contributed by atoms with Crippen molar-refractivity contribution in [1.29, 1.82) is 0 Å². The summed E-state index contributed by atoms with van der Waals surface area (Å²) in [4.78, 5) is 0. The smallest absolute Gasteiger partial charge is 0.417 e. The van der Waals surface area contributed by atoms with Crippen LogP contribution in [0.2, 0.25) is 0 Å². The summed E-state index contributed by atoms with van der Waals surface area (Å²) in [6, 6.07) is 7.80. The molecule has 3 atom stereocenters. The molecule has 0 unspecified atom stereocenters. The van der Waals surface area contributed by atoms with Crippen LogP contribution in [-0.4, -0.2) is 33.3 Å². The van der Waals surface area contributed by atoms with Crippen LogP contribution < -0.4 is 4.74 Å². The molecule has 1 aromatic heterocycles. The van der Waals surface area contributed by atoms with Crippen LogP contribution in [-0.2, 0) is 5.41 Å². The van der Waals surface area contributed by atoms with E-state index in [1.54, 1.807) is 29.1 Å². The predicted molar refractivity (Wildman–Crippen MR) is 119 cm³/mol. The van der Waals surface area contributed by atoms with Gasteiger partial charge in [-0.3, -0.25) is 0 Å². The number of fused-ring (bicyclic) bond motifs is 4. The normalized spacial score (nSPS) is 27.4. The van der Waals surface area contributed by atoms with Crippen LogP contribution in [0.25, 0.3) is 16.6 Å². The summed E-state index contributed by atoms with van der Waals surface area (Å²) in [6.07, 6.45) is -1.70. The molecular weight excluding hydrogens is 504 g/mol. The number of alkyl halides is 3. The molecule has 4 nitrogen and oxygen atoms in total. The highest BCUT2D eigenvalue weighted by atomic mass is 79.9. The zero-order valence-electron chi connectivity index (χ0n) is 17.5. The van der Waals surface area contributed by atoms with Crippen molar-refractivity contribution >= 4 is 26.8 Å². The first kappa shape index (κ1) is 22.4. The second-order valence-corrected chi connectivity index (χ2v) is 9.64. The highest BCUT2D eigenvalue weighted by Gasteiger charge is 2.60. The predicted octanol–water partition coefficient (Wildman–Crippen LogP) is 6.23. The van der Waals surface area contributed by atoms with Crippen molar-refractivity contribution in [2.24, 2.45) is 5.92 Å². The van der Waals surface area contributed by atoms with E-state index >= 15 is 0 Å². The highest BCUT2D eigenvalue weighted by molar-refractivity contribution is 9.10. The third-order valence-corrected chi connectivity index (χ3v) is 7.93. The SMILES string of the molecule is C=C[C@]12CC[C@@](O)(C(F)(F)F)C[C@@H]1CCOc1c2cc2cnn(-c3ccc(F)cc3)c2c1Br. The number of aliphatic hydroxyl groups is 1. The first-order valence-electron chi connectivity index (χ1n) is 10.6. The molecule has 5 rings (SSSR count). The van der Waals surface area contributed by atoms with Gasteiger partial charge in [0.1, 0.15) is 11.6 Å². The second-order valence-electron chi connectivity index (χ2n) is 8.85. The van der Waals surface area contributed by atoms with Crippen molar-refractivity contribution in [2.45, 2.75) is 42.9 Å². The van der Waals surface area contributed by atoms with Gasteiger partial charge >= 0.3 is 6.18 Å². The summed E-state index contributed by atoms with van der Waals surface area (Å²) >= 11 is 3.64. The van der Waals surface area contributed by atoms with E-state index < -0.39 is 36.0 Å². The summed E-state index contributed by atoms with van der Waals surface area (Å²) in [5.74, 6) is -0.319. The number of hydrogen-bond donors (Lipinski definition) is 1. The maximum absolute atomic E-state index is 13.6. The molecule has 0 spiro atoms. The van der Waals surface area contributed by atoms with E-state index in [0.717, 1.165) is 10.9 Å². The Bertz CT molecular complexity index is 1240. The van der Waals surface area contributed by atoms with E-state index in [4.69, 9.17) is 4.74 Å². The Kier molecular flexibility index (Phi) is 5.13. The lowest BCUT2D eigenvalue weighted by atomic mass is 9.58. The van der Waals surface area contributed by atoms with Crippen LogP contribution in [0.15, 0.2) is 53.7 Å². The van der Waals surface area contributed by atoms with Gasteiger partial charge in [0.15, 0.2) is 5.60 Å². The van der Waals surface area contributed by atoms with Crippen molar-refractivity contribution < 1.29 is 27.4 Å². The molecule has 1 saturated carbocycles. The number of ether oxygens (including phenoxy) is 1. The lowest BCUT2D eigenvalue weighted by Gasteiger charge is -2.48. The van der Waals surface area contributed by atoms with Gasteiger partial charge < -0.3 is 9.84 Å². The average molecular weight is 525 g/mol. The molecule has 0 saturated heterocycles. The van der Waals surface area contributed by atoms with Gasteiger partial charge in [0, 0.05) is 16.4 Å². The van der Waals surface area contributed by atoms with Gasteiger partial charge in [-0.05, 0) is 77.9 Å². The standard InChI is InChI=1S/C24H21BrF4N2O2/c1-2-22-8-9-23(32,24(27,28)29)12-15(22)7-10-33-21-18(22)11-14-13-30-31(20(14)19(21)25)17-5-3-16(26)4-6-17/h2-6,11,13,15,32H,1,7-10,12H2/t15-,22-,23-/m0/s1. The Hall–Kier alpha value is -2.39. The van der Waals surface area contributed by atoms with Crippen LogP contribution in [0, 0.1) is 11.7 Å². The van der Waals surface area contributed by atoms with E-state index in [-0.39, 0.29) is 18.8 Å². The number of hydrogen-bond acceptors (Lipinski definition) is 3. The van der Waals surface area contributed by atoms with Crippen molar-refractivity contribution in [1.82, 2.24) is 9.78 Å². The highest BCUT2D eigenvalue weighted by Crippen LogP contribution is 2.58. The number of halogens is 5. The molecule has 0 amide bonds. The molecular formula is C24H21BrF4N2O2. The van der Waals surface area contributed by atoms with Crippen molar-refractivity contribution in [3.63, 3.8) is 0 Å². The molecule has 33 heavy (non-hydrogen) atoms. The van der Waals surface area contributed by atoms with E-state index in [1.807, 2.05) is 6.07 Å². The average Bonchev–Trinajstić information content (AvgIpc) is 3.12. The zero-order valence-corrected chi connectivity index (χ0v) is 19.1. The molecule has 1 fully saturated rings. The Morgan fingerprint density at radius 1 is 1.24 bits per heavy atom. The van der Waals surface area contributed by atoms with Gasteiger partial charge in [0.2, 0.25) is 0 Å². The van der Waals surface area contributed by atoms with E-state index in [1.165, 1.54) is 12.1 Å². The zero-order chi connectivity index (χ0) is 23.6. The Labute approximate surface area is 196 Å². The molecule has 0 bridgehead atoms. The third-order valence-electron chi connectivity index (χ3n) is 7.19. The largest absolute Gasteiger partial charge is 0.492 e. The van der Waals surface area contributed by atoms with Crippen LogP contribution in [0.5, 0.6) is 5.75 Å². The van der Waals surface area contributed by atoms with E-state index in [9.17, 15) is 22.7 Å². The Morgan fingerprint density at radius 3 is 2.64 bits per heavy atom. The van der Waals surface area contributed by atoms with Crippen LogP contribution in [0.1, 0.15) is 31.2 Å².